The van der Waals surface area contributed by atoms with Crippen molar-refractivity contribution >= 4 is 27.3 Å². The van der Waals surface area contributed by atoms with Crippen molar-refractivity contribution in [1.29, 1.82) is 0 Å². The van der Waals surface area contributed by atoms with Gasteiger partial charge in [-0.2, -0.15) is 4.31 Å². The molecule has 0 N–H and O–H groups in total. The maximum Gasteiger partial charge on any atom is 0.338 e. The summed E-state index contributed by atoms with van der Waals surface area (Å²) in [6, 6.07) is 12.8. The number of aromatic nitrogens is 1. The predicted molar refractivity (Wildman–Crippen MR) is 113 cm³/mol. The van der Waals surface area contributed by atoms with Gasteiger partial charge in [-0.05, 0) is 18.2 Å². The number of thiazole rings is 1. The molecule has 2 heterocycles. The number of nitrogens with zero attached hydrogens (tertiary/aromatic N) is 2. The lowest BCUT2D eigenvalue weighted by molar-refractivity contribution is 0.0468. The van der Waals surface area contributed by atoms with Crippen LogP contribution in [0.25, 0.3) is 10.6 Å². The van der Waals surface area contributed by atoms with Gasteiger partial charge in [0.05, 0.1) is 24.5 Å². The summed E-state index contributed by atoms with van der Waals surface area (Å²) in [5.74, 6) is -1.68. The van der Waals surface area contributed by atoms with Crippen LogP contribution in [0.5, 0.6) is 0 Å². The van der Waals surface area contributed by atoms with Crippen LogP contribution in [0, 0.1) is 5.82 Å². The first-order chi connectivity index (χ1) is 14.9. The van der Waals surface area contributed by atoms with Gasteiger partial charge in [0, 0.05) is 24.0 Å². The Morgan fingerprint density at radius 1 is 1.16 bits per heavy atom. The number of rotatable bonds is 6. The highest BCUT2D eigenvalue weighted by Gasteiger charge is 2.30. The summed E-state index contributed by atoms with van der Waals surface area (Å²) in [7, 11) is -4.08. The van der Waals surface area contributed by atoms with E-state index in [1.807, 2.05) is 30.3 Å². The number of carbonyl (C=O) groups excluding carboxylic acids is 1. The first-order valence-corrected chi connectivity index (χ1v) is 11.8. The van der Waals surface area contributed by atoms with Gasteiger partial charge in [0.2, 0.25) is 10.0 Å². The molecule has 0 radical (unpaired) electrons. The lowest BCUT2D eigenvalue weighted by Crippen LogP contribution is -2.41. The number of halogens is 1. The largest absolute Gasteiger partial charge is 0.456 e. The van der Waals surface area contributed by atoms with Crippen molar-refractivity contribution in [3.8, 4) is 10.6 Å². The molecular formula is C21H19FN2O5S2. The molecule has 0 aliphatic carbocycles. The molecule has 1 aromatic heterocycles. The van der Waals surface area contributed by atoms with Crippen molar-refractivity contribution in [2.24, 2.45) is 0 Å². The molecule has 0 saturated carbocycles. The average Bonchev–Trinajstić information content (AvgIpc) is 3.28. The number of carbonyl (C=O) groups is 1. The van der Waals surface area contributed by atoms with E-state index in [9.17, 15) is 17.6 Å². The number of benzene rings is 2. The van der Waals surface area contributed by atoms with Crippen LogP contribution in [-0.4, -0.2) is 50.0 Å². The Kier molecular flexibility index (Phi) is 6.42. The molecule has 1 fully saturated rings. The number of hydrogen-bond donors (Lipinski definition) is 0. The Labute approximate surface area is 183 Å². The number of hydrogen-bond acceptors (Lipinski definition) is 7. The van der Waals surface area contributed by atoms with Crippen LogP contribution in [0.3, 0.4) is 0 Å². The van der Waals surface area contributed by atoms with Gasteiger partial charge in [-0.3, -0.25) is 0 Å². The Bertz CT molecular complexity index is 1180. The van der Waals surface area contributed by atoms with Gasteiger partial charge in [0.15, 0.2) is 0 Å². The van der Waals surface area contributed by atoms with Crippen LogP contribution >= 0.6 is 11.3 Å². The highest BCUT2D eigenvalue weighted by Crippen LogP contribution is 2.25. The molecule has 4 rings (SSSR count). The molecule has 31 heavy (non-hydrogen) atoms. The minimum atomic E-state index is -4.08. The van der Waals surface area contributed by atoms with Gasteiger partial charge >= 0.3 is 5.97 Å². The zero-order chi connectivity index (χ0) is 21.8. The first-order valence-electron chi connectivity index (χ1n) is 9.49. The minimum Gasteiger partial charge on any atom is -0.456 e. The normalized spacial score (nSPS) is 15.0. The molecule has 0 atom stereocenters. The molecular weight excluding hydrogens is 443 g/mol. The van der Waals surface area contributed by atoms with E-state index in [4.69, 9.17) is 9.47 Å². The van der Waals surface area contributed by atoms with Crippen molar-refractivity contribution in [3.63, 3.8) is 0 Å². The molecule has 1 aliphatic rings. The van der Waals surface area contributed by atoms with Crippen molar-refractivity contribution in [1.82, 2.24) is 9.29 Å². The van der Waals surface area contributed by atoms with Gasteiger partial charge in [0.1, 0.15) is 22.3 Å². The molecule has 0 bridgehead atoms. The fourth-order valence-corrected chi connectivity index (χ4v) is 5.37. The minimum absolute atomic E-state index is 0.0493. The molecule has 0 unspecified atom stereocenters. The SMILES string of the molecule is O=C(OCc1csc(-c2ccccc2)n1)c1ccc(F)c(S(=O)(=O)N2CCOCC2)c1. The van der Waals surface area contributed by atoms with Crippen molar-refractivity contribution in [2.75, 3.05) is 26.3 Å². The monoisotopic (exact) mass is 462 g/mol. The van der Waals surface area contributed by atoms with Gasteiger partial charge in [-0.15, -0.1) is 11.3 Å². The number of ether oxygens (including phenoxy) is 2. The Balaban J connectivity index is 1.47. The van der Waals surface area contributed by atoms with E-state index in [1.165, 1.54) is 17.4 Å². The second-order valence-electron chi connectivity index (χ2n) is 6.75. The van der Waals surface area contributed by atoms with E-state index in [0.717, 1.165) is 27.0 Å². The maximum atomic E-state index is 14.3. The highest BCUT2D eigenvalue weighted by atomic mass is 32.2. The standard InChI is InChI=1S/C21H19FN2O5S2/c22-18-7-6-16(12-19(18)31(26,27)24-8-10-28-11-9-24)21(25)29-13-17-14-30-20(23-17)15-4-2-1-3-5-15/h1-7,12,14H,8-11,13H2. The van der Waals surface area contributed by atoms with Crippen LogP contribution < -0.4 is 0 Å². The van der Waals surface area contributed by atoms with E-state index in [0.29, 0.717) is 5.69 Å². The quantitative estimate of drug-likeness (QED) is 0.523. The molecule has 0 spiro atoms. The molecule has 0 amide bonds. The second-order valence-corrected chi connectivity index (χ2v) is 9.51. The second kappa shape index (κ2) is 9.23. The van der Waals surface area contributed by atoms with Crippen LogP contribution in [0.1, 0.15) is 16.1 Å². The average molecular weight is 463 g/mol. The summed E-state index contributed by atoms with van der Waals surface area (Å²) in [4.78, 5) is 16.4. The fraction of sp³-hybridized carbons (Fsp3) is 0.238. The van der Waals surface area contributed by atoms with Gasteiger partial charge < -0.3 is 9.47 Å². The van der Waals surface area contributed by atoms with E-state index in [2.05, 4.69) is 4.98 Å². The van der Waals surface area contributed by atoms with E-state index in [-0.39, 0.29) is 38.5 Å². The molecule has 10 heteroatoms. The summed E-state index contributed by atoms with van der Waals surface area (Å²) in [5, 5.41) is 2.58. The lowest BCUT2D eigenvalue weighted by Gasteiger charge is -2.26. The highest BCUT2D eigenvalue weighted by molar-refractivity contribution is 7.89. The molecule has 2 aromatic carbocycles. The topological polar surface area (TPSA) is 85.8 Å². The van der Waals surface area contributed by atoms with Crippen molar-refractivity contribution in [3.05, 3.63) is 71.0 Å². The summed E-state index contributed by atoms with van der Waals surface area (Å²) in [6.45, 7) is 0.654. The summed E-state index contributed by atoms with van der Waals surface area (Å²) >= 11 is 1.43. The van der Waals surface area contributed by atoms with E-state index in [1.54, 1.807) is 5.38 Å². The molecule has 1 saturated heterocycles. The number of esters is 1. The Hall–Kier alpha value is -2.66. The van der Waals surface area contributed by atoms with Crippen molar-refractivity contribution in [2.45, 2.75) is 11.5 Å². The summed E-state index contributed by atoms with van der Waals surface area (Å²) in [5.41, 5.74) is 1.48. The van der Waals surface area contributed by atoms with Crippen LogP contribution in [0.4, 0.5) is 4.39 Å². The summed E-state index contributed by atoms with van der Waals surface area (Å²) in [6.07, 6.45) is 0. The third kappa shape index (κ3) is 4.82. The lowest BCUT2D eigenvalue weighted by atomic mass is 10.2. The van der Waals surface area contributed by atoms with Gasteiger partial charge in [-0.25, -0.2) is 22.6 Å². The van der Waals surface area contributed by atoms with Crippen LogP contribution in [-0.2, 0) is 26.1 Å². The maximum absolute atomic E-state index is 14.3. The van der Waals surface area contributed by atoms with Crippen LogP contribution in [0.2, 0.25) is 0 Å². The summed E-state index contributed by atoms with van der Waals surface area (Å²) < 4.78 is 51.4. The molecule has 7 nitrogen and oxygen atoms in total. The first kappa shape index (κ1) is 21.6. The third-order valence-electron chi connectivity index (χ3n) is 4.68. The number of morpholine rings is 1. The van der Waals surface area contributed by atoms with Gasteiger partial charge in [-0.1, -0.05) is 30.3 Å². The molecule has 1 aliphatic heterocycles. The third-order valence-corrected chi connectivity index (χ3v) is 7.53. The fourth-order valence-electron chi connectivity index (χ4n) is 3.06. The Morgan fingerprint density at radius 3 is 2.65 bits per heavy atom. The number of sulfonamides is 1. The molecule has 3 aromatic rings. The predicted octanol–water partition coefficient (Wildman–Crippen LogP) is 3.33. The Morgan fingerprint density at radius 2 is 1.90 bits per heavy atom. The zero-order valence-electron chi connectivity index (χ0n) is 16.4. The van der Waals surface area contributed by atoms with Gasteiger partial charge in [0.25, 0.3) is 0 Å². The van der Waals surface area contributed by atoms with E-state index >= 15 is 0 Å². The van der Waals surface area contributed by atoms with Crippen LogP contribution in [0.15, 0.2) is 58.8 Å². The molecule has 162 valence electrons. The smallest absolute Gasteiger partial charge is 0.338 e. The van der Waals surface area contributed by atoms with E-state index < -0.39 is 26.7 Å². The zero-order valence-corrected chi connectivity index (χ0v) is 18.0. The van der Waals surface area contributed by atoms with Crippen molar-refractivity contribution < 1.29 is 27.1 Å².